The number of nitrogens with one attached hydrogen (secondary N) is 2. The molecular formula is C16H25N3O3S. The first-order valence-corrected chi connectivity index (χ1v) is 9.17. The van der Waals surface area contributed by atoms with Crippen molar-refractivity contribution >= 4 is 22.4 Å². The molecule has 3 rings (SSSR count). The van der Waals surface area contributed by atoms with Gasteiger partial charge in [0.15, 0.2) is 5.13 Å². The quantitative estimate of drug-likeness (QED) is 0.881. The summed E-state index contributed by atoms with van der Waals surface area (Å²) in [7, 11) is 0. The highest BCUT2D eigenvalue weighted by Gasteiger charge is 2.39. The van der Waals surface area contributed by atoms with Crippen molar-refractivity contribution in [2.75, 3.05) is 31.7 Å². The van der Waals surface area contributed by atoms with Gasteiger partial charge in [-0.15, -0.1) is 0 Å². The Hall–Kier alpha value is -1.18. The van der Waals surface area contributed by atoms with Gasteiger partial charge in [0.25, 0.3) is 5.91 Å². The molecule has 128 valence electrons. The largest absolute Gasteiger partial charge is 0.381 e. The van der Waals surface area contributed by atoms with Crippen molar-refractivity contribution in [2.24, 2.45) is 0 Å². The van der Waals surface area contributed by atoms with E-state index in [1.807, 2.05) is 13.8 Å². The lowest BCUT2D eigenvalue weighted by Gasteiger charge is -2.43. The van der Waals surface area contributed by atoms with E-state index < -0.39 is 0 Å². The van der Waals surface area contributed by atoms with Gasteiger partial charge < -0.3 is 20.1 Å². The SMILES string of the molecule is CCNc1nc(C)c(C(=O)N[C@H]2CCOC3(CCOCC3)C2)s1. The van der Waals surface area contributed by atoms with E-state index in [4.69, 9.17) is 9.47 Å². The Morgan fingerprint density at radius 3 is 2.91 bits per heavy atom. The number of hydrogen-bond donors (Lipinski definition) is 2. The monoisotopic (exact) mass is 339 g/mol. The molecule has 2 fully saturated rings. The molecule has 1 amide bonds. The maximum absolute atomic E-state index is 12.6. The van der Waals surface area contributed by atoms with Crippen molar-refractivity contribution in [3.05, 3.63) is 10.6 Å². The number of thiazole rings is 1. The van der Waals surface area contributed by atoms with Crippen LogP contribution in [0.1, 0.15) is 48.0 Å². The van der Waals surface area contributed by atoms with Gasteiger partial charge in [-0.05, 0) is 39.5 Å². The first-order valence-electron chi connectivity index (χ1n) is 8.36. The molecule has 0 radical (unpaired) electrons. The van der Waals surface area contributed by atoms with Crippen molar-refractivity contribution in [2.45, 2.75) is 51.2 Å². The van der Waals surface area contributed by atoms with E-state index in [-0.39, 0.29) is 17.6 Å². The van der Waals surface area contributed by atoms with Gasteiger partial charge in [-0.25, -0.2) is 4.98 Å². The zero-order valence-corrected chi connectivity index (χ0v) is 14.6. The van der Waals surface area contributed by atoms with Gasteiger partial charge in [-0.3, -0.25) is 4.79 Å². The van der Waals surface area contributed by atoms with Crippen LogP contribution in [-0.4, -0.2) is 48.9 Å². The summed E-state index contributed by atoms with van der Waals surface area (Å²) < 4.78 is 11.5. The highest BCUT2D eigenvalue weighted by atomic mass is 32.1. The Balaban J connectivity index is 1.63. The molecule has 23 heavy (non-hydrogen) atoms. The summed E-state index contributed by atoms with van der Waals surface area (Å²) in [6.45, 7) is 6.91. The summed E-state index contributed by atoms with van der Waals surface area (Å²) in [6.07, 6.45) is 3.58. The zero-order valence-electron chi connectivity index (χ0n) is 13.8. The molecule has 2 saturated heterocycles. The number of amides is 1. The number of ether oxygens (including phenoxy) is 2. The number of carbonyl (C=O) groups excluding carboxylic acids is 1. The second-order valence-corrected chi connectivity index (χ2v) is 7.27. The molecular weight excluding hydrogens is 314 g/mol. The lowest BCUT2D eigenvalue weighted by molar-refractivity contribution is -0.139. The van der Waals surface area contributed by atoms with Gasteiger partial charge in [0.05, 0.1) is 11.3 Å². The minimum atomic E-state index is -0.105. The molecule has 0 saturated carbocycles. The summed E-state index contributed by atoms with van der Waals surface area (Å²) in [5.41, 5.74) is 0.683. The highest BCUT2D eigenvalue weighted by molar-refractivity contribution is 7.17. The Morgan fingerprint density at radius 2 is 2.17 bits per heavy atom. The van der Waals surface area contributed by atoms with Crippen molar-refractivity contribution in [1.82, 2.24) is 10.3 Å². The number of nitrogens with zero attached hydrogens (tertiary/aromatic N) is 1. The van der Waals surface area contributed by atoms with Gasteiger partial charge in [-0.2, -0.15) is 0 Å². The third-order valence-corrected chi connectivity index (χ3v) is 5.68. The number of rotatable bonds is 4. The van der Waals surface area contributed by atoms with Crippen molar-refractivity contribution in [3.63, 3.8) is 0 Å². The molecule has 1 aromatic rings. The standard InChI is InChI=1S/C16H25N3O3S/c1-3-17-15-18-11(2)13(23-15)14(20)19-12-4-7-22-16(10-12)5-8-21-9-6-16/h12H,3-10H2,1-2H3,(H,17,18)(H,19,20)/t12-/m0/s1. The fraction of sp³-hybridized carbons (Fsp3) is 0.750. The van der Waals surface area contributed by atoms with Crippen LogP contribution in [0.4, 0.5) is 5.13 Å². The predicted octanol–water partition coefficient (Wildman–Crippen LogP) is 2.34. The Kier molecular flexibility index (Phi) is 5.18. The summed E-state index contributed by atoms with van der Waals surface area (Å²) in [5.74, 6) is -0.0155. The summed E-state index contributed by atoms with van der Waals surface area (Å²) in [4.78, 5) is 17.7. The number of anilines is 1. The molecule has 6 nitrogen and oxygen atoms in total. The maximum atomic E-state index is 12.6. The van der Waals surface area contributed by atoms with Crippen LogP contribution in [0.25, 0.3) is 0 Å². The molecule has 2 aliphatic heterocycles. The second-order valence-electron chi connectivity index (χ2n) is 6.27. The van der Waals surface area contributed by atoms with Crippen LogP contribution in [-0.2, 0) is 9.47 Å². The van der Waals surface area contributed by atoms with Gasteiger partial charge in [-0.1, -0.05) is 11.3 Å². The molecule has 7 heteroatoms. The molecule has 0 bridgehead atoms. The van der Waals surface area contributed by atoms with E-state index in [0.717, 1.165) is 56.3 Å². The van der Waals surface area contributed by atoms with Crippen LogP contribution >= 0.6 is 11.3 Å². The smallest absolute Gasteiger partial charge is 0.263 e. The summed E-state index contributed by atoms with van der Waals surface area (Å²) in [5, 5.41) is 7.16. The summed E-state index contributed by atoms with van der Waals surface area (Å²) >= 11 is 1.42. The van der Waals surface area contributed by atoms with Gasteiger partial charge >= 0.3 is 0 Å². The molecule has 1 spiro atoms. The third-order valence-electron chi connectivity index (χ3n) is 4.56. The fourth-order valence-electron chi connectivity index (χ4n) is 3.33. The number of carbonyl (C=O) groups is 1. The van der Waals surface area contributed by atoms with E-state index in [2.05, 4.69) is 15.6 Å². The first-order chi connectivity index (χ1) is 11.1. The molecule has 3 heterocycles. The van der Waals surface area contributed by atoms with Crippen LogP contribution in [0, 0.1) is 6.92 Å². The fourth-order valence-corrected chi connectivity index (χ4v) is 4.27. The van der Waals surface area contributed by atoms with Crippen LogP contribution in [0.5, 0.6) is 0 Å². The molecule has 1 aromatic heterocycles. The van der Waals surface area contributed by atoms with E-state index in [9.17, 15) is 4.79 Å². The van der Waals surface area contributed by atoms with E-state index in [1.165, 1.54) is 11.3 Å². The topological polar surface area (TPSA) is 72.5 Å². The Bertz CT molecular complexity index is 549. The van der Waals surface area contributed by atoms with Crippen molar-refractivity contribution < 1.29 is 14.3 Å². The number of hydrogen-bond acceptors (Lipinski definition) is 6. The molecule has 0 aromatic carbocycles. The van der Waals surface area contributed by atoms with Crippen molar-refractivity contribution in [3.8, 4) is 0 Å². The molecule has 2 aliphatic rings. The third kappa shape index (κ3) is 3.84. The van der Waals surface area contributed by atoms with Gasteiger partial charge in [0, 0.05) is 32.4 Å². The van der Waals surface area contributed by atoms with Crippen molar-refractivity contribution in [1.29, 1.82) is 0 Å². The minimum Gasteiger partial charge on any atom is -0.381 e. The Labute approximate surface area is 141 Å². The van der Waals surface area contributed by atoms with Gasteiger partial charge in [0.1, 0.15) is 4.88 Å². The number of aromatic nitrogens is 1. The normalized spacial score (nSPS) is 23.7. The molecule has 0 unspecified atom stereocenters. The lowest BCUT2D eigenvalue weighted by atomic mass is 9.84. The van der Waals surface area contributed by atoms with E-state index in [1.54, 1.807) is 0 Å². The molecule has 0 aliphatic carbocycles. The average Bonchev–Trinajstić information content (AvgIpc) is 2.89. The zero-order chi connectivity index (χ0) is 16.3. The predicted molar refractivity (Wildman–Crippen MR) is 90.2 cm³/mol. The van der Waals surface area contributed by atoms with Crippen LogP contribution in [0.2, 0.25) is 0 Å². The maximum Gasteiger partial charge on any atom is 0.263 e. The van der Waals surface area contributed by atoms with Crippen LogP contribution in [0.15, 0.2) is 0 Å². The second kappa shape index (κ2) is 7.15. The molecule has 1 atom stereocenters. The van der Waals surface area contributed by atoms with Crippen LogP contribution < -0.4 is 10.6 Å². The van der Waals surface area contributed by atoms with E-state index >= 15 is 0 Å². The minimum absolute atomic E-state index is 0.0155. The average molecular weight is 339 g/mol. The van der Waals surface area contributed by atoms with Gasteiger partial charge in [0.2, 0.25) is 0 Å². The first kappa shape index (κ1) is 16.7. The lowest BCUT2D eigenvalue weighted by Crippen LogP contribution is -2.51. The Morgan fingerprint density at radius 1 is 1.39 bits per heavy atom. The van der Waals surface area contributed by atoms with Crippen LogP contribution in [0.3, 0.4) is 0 Å². The number of aryl methyl sites for hydroxylation is 1. The van der Waals surface area contributed by atoms with E-state index in [0.29, 0.717) is 11.5 Å². The highest BCUT2D eigenvalue weighted by Crippen LogP contribution is 2.34. The summed E-state index contributed by atoms with van der Waals surface area (Å²) in [6, 6.07) is 0.165. The molecule has 2 N–H and O–H groups in total.